The largest absolute Gasteiger partial charge is 0.489 e. The Balaban J connectivity index is 1.43. The molecule has 0 saturated heterocycles. The quantitative estimate of drug-likeness (QED) is 0.415. The molecule has 5 rings (SSSR count). The summed E-state index contributed by atoms with van der Waals surface area (Å²) in [7, 11) is 3.88. The lowest BCUT2D eigenvalue weighted by Gasteiger charge is -2.32. The third-order valence-electron chi connectivity index (χ3n) is 7.85. The molecule has 6 nitrogen and oxygen atoms in total. The molecule has 38 heavy (non-hydrogen) atoms. The van der Waals surface area contributed by atoms with Crippen molar-refractivity contribution in [3.8, 4) is 5.75 Å². The number of fused-ring (bicyclic) bond motifs is 4. The summed E-state index contributed by atoms with van der Waals surface area (Å²) in [6.07, 6.45) is 2.78. The van der Waals surface area contributed by atoms with Gasteiger partial charge in [0.1, 0.15) is 12.4 Å². The number of aryl methyl sites for hydroxylation is 2. The van der Waals surface area contributed by atoms with Gasteiger partial charge >= 0.3 is 0 Å². The summed E-state index contributed by atoms with van der Waals surface area (Å²) in [6, 6.07) is 18.5. The molecule has 3 aromatic carbocycles. The van der Waals surface area contributed by atoms with Crippen molar-refractivity contribution >= 4 is 40.6 Å². The molecule has 0 N–H and O–H groups in total. The second-order valence-electron chi connectivity index (χ2n) is 10.4. The summed E-state index contributed by atoms with van der Waals surface area (Å²) in [5.74, 6) is 1.32. The third kappa shape index (κ3) is 4.64. The third-order valence-corrected chi connectivity index (χ3v) is 8.38. The van der Waals surface area contributed by atoms with Crippen LogP contribution in [0.5, 0.6) is 5.75 Å². The van der Waals surface area contributed by atoms with Crippen molar-refractivity contribution in [2.45, 2.75) is 45.9 Å². The van der Waals surface area contributed by atoms with Crippen molar-refractivity contribution in [2.24, 2.45) is 0 Å². The first-order valence-electron chi connectivity index (χ1n) is 13.0. The maximum absolute atomic E-state index is 13.9. The van der Waals surface area contributed by atoms with E-state index >= 15 is 0 Å². The van der Waals surface area contributed by atoms with E-state index in [-0.39, 0.29) is 23.9 Å². The van der Waals surface area contributed by atoms with E-state index in [1.54, 1.807) is 4.90 Å². The number of rotatable bonds is 6. The van der Waals surface area contributed by atoms with Gasteiger partial charge in [0, 0.05) is 37.6 Å². The molecule has 2 aliphatic rings. The van der Waals surface area contributed by atoms with Gasteiger partial charge in [-0.3, -0.25) is 9.59 Å². The lowest BCUT2D eigenvalue weighted by molar-refractivity contribution is -0.115. The molecule has 0 bridgehead atoms. The predicted octanol–water partition coefficient (Wildman–Crippen LogP) is 5.62. The van der Waals surface area contributed by atoms with Crippen molar-refractivity contribution in [1.29, 1.82) is 0 Å². The van der Waals surface area contributed by atoms with Crippen molar-refractivity contribution in [1.82, 2.24) is 0 Å². The second-order valence-corrected chi connectivity index (χ2v) is 11.3. The highest BCUT2D eigenvalue weighted by Gasteiger charge is 2.42. The van der Waals surface area contributed by atoms with Crippen LogP contribution in [0.25, 0.3) is 0 Å². The van der Waals surface area contributed by atoms with Crippen LogP contribution in [-0.2, 0) is 17.8 Å². The fourth-order valence-electron chi connectivity index (χ4n) is 5.61. The first-order chi connectivity index (χ1) is 18.2. The summed E-state index contributed by atoms with van der Waals surface area (Å²) in [5.41, 5.74) is 7.69. The summed E-state index contributed by atoms with van der Waals surface area (Å²) in [4.78, 5) is 32.2. The average molecular weight is 530 g/mol. The molecule has 0 fully saturated rings. The highest BCUT2D eigenvalue weighted by molar-refractivity contribution is 7.99. The molecule has 0 saturated carbocycles. The Morgan fingerprint density at radius 3 is 2.63 bits per heavy atom. The normalized spacial score (nSPS) is 18.0. The summed E-state index contributed by atoms with van der Waals surface area (Å²) in [5, 5.41) is 0. The van der Waals surface area contributed by atoms with Gasteiger partial charge in [0.15, 0.2) is 0 Å². The number of para-hydroxylation sites is 1. The molecule has 7 heteroatoms. The second kappa shape index (κ2) is 10.4. The zero-order chi connectivity index (χ0) is 27.1. The maximum Gasteiger partial charge on any atom is 0.260 e. The Kier molecular flexibility index (Phi) is 7.14. The van der Waals surface area contributed by atoms with E-state index in [4.69, 9.17) is 4.74 Å². The Labute approximate surface area is 229 Å². The van der Waals surface area contributed by atoms with Crippen LogP contribution in [0, 0.1) is 13.8 Å². The van der Waals surface area contributed by atoms with Gasteiger partial charge in [0.2, 0.25) is 5.91 Å². The molecule has 0 aromatic heterocycles. The molecule has 0 spiro atoms. The predicted molar refractivity (Wildman–Crippen MR) is 157 cm³/mol. The van der Waals surface area contributed by atoms with Gasteiger partial charge in [0.05, 0.1) is 23.0 Å². The topological polar surface area (TPSA) is 53.1 Å². The Morgan fingerprint density at radius 2 is 1.87 bits per heavy atom. The van der Waals surface area contributed by atoms with E-state index in [2.05, 4.69) is 37.1 Å². The van der Waals surface area contributed by atoms with Crippen molar-refractivity contribution in [2.75, 3.05) is 40.8 Å². The maximum atomic E-state index is 13.9. The average Bonchev–Trinajstić information content (AvgIpc) is 3.27. The van der Waals surface area contributed by atoms with Gasteiger partial charge < -0.3 is 19.4 Å². The van der Waals surface area contributed by atoms with E-state index < -0.39 is 0 Å². The van der Waals surface area contributed by atoms with Crippen molar-refractivity contribution in [3.63, 3.8) is 0 Å². The van der Waals surface area contributed by atoms with Crippen LogP contribution in [0.1, 0.15) is 39.5 Å². The van der Waals surface area contributed by atoms with Crippen LogP contribution in [0.2, 0.25) is 0 Å². The number of carbonyl (C=O) groups is 2. The van der Waals surface area contributed by atoms with Crippen LogP contribution >= 0.6 is 11.8 Å². The molecule has 2 amide bonds. The molecule has 198 valence electrons. The van der Waals surface area contributed by atoms with Crippen LogP contribution in [-0.4, -0.2) is 50.0 Å². The number of anilines is 3. The van der Waals surface area contributed by atoms with Gasteiger partial charge in [-0.25, -0.2) is 0 Å². The van der Waals surface area contributed by atoms with Crippen LogP contribution in [0.15, 0.2) is 54.6 Å². The fraction of sp³-hybridized carbons (Fsp3) is 0.355. The fourth-order valence-corrected chi connectivity index (χ4v) is 6.05. The van der Waals surface area contributed by atoms with Gasteiger partial charge in [-0.05, 0) is 80.0 Å². The lowest BCUT2D eigenvalue weighted by Crippen LogP contribution is -2.47. The number of hydrogen-bond donors (Lipinski definition) is 0. The van der Waals surface area contributed by atoms with Crippen LogP contribution < -0.4 is 19.4 Å². The molecule has 2 heterocycles. The van der Waals surface area contributed by atoms with Gasteiger partial charge in [-0.2, -0.15) is 11.8 Å². The van der Waals surface area contributed by atoms with Gasteiger partial charge in [0.25, 0.3) is 5.91 Å². The smallest absolute Gasteiger partial charge is 0.260 e. The zero-order valence-corrected chi connectivity index (χ0v) is 23.8. The zero-order valence-electron chi connectivity index (χ0n) is 22.9. The number of amides is 2. The molecule has 0 aliphatic carbocycles. The molecular weight excluding hydrogens is 494 g/mol. The Bertz CT molecular complexity index is 1410. The molecular formula is C31H35N3O3S. The van der Waals surface area contributed by atoms with E-state index in [9.17, 15) is 9.59 Å². The van der Waals surface area contributed by atoms with E-state index in [0.29, 0.717) is 17.9 Å². The highest BCUT2D eigenvalue weighted by atomic mass is 32.2. The first kappa shape index (κ1) is 26.2. The number of benzene rings is 3. The number of thioether (sulfide) groups is 1. The Morgan fingerprint density at radius 1 is 1.11 bits per heavy atom. The molecule has 2 atom stereocenters. The summed E-state index contributed by atoms with van der Waals surface area (Å²) >= 11 is 1.52. The minimum absolute atomic E-state index is 0.0436. The van der Waals surface area contributed by atoms with E-state index in [1.807, 2.05) is 68.4 Å². The summed E-state index contributed by atoms with van der Waals surface area (Å²) in [6.45, 7) is 6.58. The highest BCUT2D eigenvalue weighted by Crippen LogP contribution is 2.42. The minimum Gasteiger partial charge on any atom is -0.489 e. The van der Waals surface area contributed by atoms with Crippen molar-refractivity contribution in [3.05, 3.63) is 82.4 Å². The van der Waals surface area contributed by atoms with Crippen molar-refractivity contribution < 1.29 is 14.3 Å². The molecule has 3 aromatic rings. The number of carbonyl (C=O) groups excluding carboxylic acids is 2. The Hall–Kier alpha value is -3.45. The number of nitrogens with zero attached hydrogens (tertiary/aromatic N) is 3. The number of ether oxygens (including phenoxy) is 1. The summed E-state index contributed by atoms with van der Waals surface area (Å²) < 4.78 is 6.34. The minimum atomic E-state index is 0.0436. The van der Waals surface area contributed by atoms with Crippen LogP contribution in [0.3, 0.4) is 0 Å². The first-order valence-corrected chi connectivity index (χ1v) is 14.4. The van der Waals surface area contributed by atoms with Gasteiger partial charge in [-0.1, -0.05) is 24.3 Å². The van der Waals surface area contributed by atoms with E-state index in [0.717, 1.165) is 45.9 Å². The SMILES string of the molecule is CSCC(=O)N(C)c1cc(C)cc(COc2cc3c(cc2C)C(=O)N2c4ccccc4C[C@H]2C(C)N3C)c1. The molecule has 0 radical (unpaired) electrons. The van der Waals surface area contributed by atoms with E-state index in [1.165, 1.54) is 17.3 Å². The standard InChI is InChI=1S/C31H35N3O3S/c1-19-11-22(14-24(12-19)33(5)30(35)18-38-6)17-37-29-16-28-25(13-20(29)2)31(36)34-26-10-8-7-9-23(26)15-27(34)21(3)32(28)4/h7-14,16,21,27H,15,17-18H2,1-6H3/t21?,27-/m0/s1. The van der Waals surface area contributed by atoms with Gasteiger partial charge in [-0.15, -0.1) is 0 Å². The molecule has 1 unspecified atom stereocenters. The monoisotopic (exact) mass is 529 g/mol. The molecule has 2 aliphatic heterocycles. The number of likely N-dealkylation sites (N-methyl/N-ethyl adjacent to an activating group) is 1. The number of hydrogen-bond acceptors (Lipinski definition) is 5. The lowest BCUT2D eigenvalue weighted by atomic mass is 10.0. The van der Waals surface area contributed by atoms with Crippen LogP contribution in [0.4, 0.5) is 17.1 Å².